The summed E-state index contributed by atoms with van der Waals surface area (Å²) in [7, 11) is 0. The Morgan fingerprint density at radius 1 is 1.67 bits per heavy atom. The summed E-state index contributed by atoms with van der Waals surface area (Å²) in [6.07, 6.45) is 5.02. The van der Waals surface area contributed by atoms with Gasteiger partial charge < -0.3 is 5.32 Å². The third-order valence-electron chi connectivity index (χ3n) is 1.82. The number of aromatic nitrogens is 2. The van der Waals surface area contributed by atoms with Gasteiger partial charge in [-0.05, 0) is 24.5 Å². The molecule has 1 aromatic rings. The molecule has 1 N–H and O–H groups in total. The molecule has 5 heteroatoms. The van der Waals surface area contributed by atoms with E-state index in [1.165, 1.54) is 17.6 Å². The molecule has 1 unspecified atom stereocenters. The van der Waals surface area contributed by atoms with Crippen LogP contribution in [0.4, 0.5) is 0 Å². The maximum Gasteiger partial charge on any atom is 0.244 e. The molecule has 0 saturated heterocycles. The van der Waals surface area contributed by atoms with E-state index in [0.29, 0.717) is 0 Å². The highest BCUT2D eigenvalue weighted by Gasteiger charge is 2.31. The van der Waals surface area contributed by atoms with Gasteiger partial charge in [-0.3, -0.25) is 4.79 Å². The predicted molar refractivity (Wildman–Crippen MR) is 44.5 cm³/mol. The second kappa shape index (κ2) is 2.38. The zero-order chi connectivity index (χ0) is 8.60. The van der Waals surface area contributed by atoms with Crippen LogP contribution in [0.5, 0.6) is 0 Å². The normalized spacial score (nSPS) is 27.6. The van der Waals surface area contributed by atoms with Gasteiger partial charge >= 0.3 is 0 Å². The number of nitrogens with zero attached hydrogens (tertiary/aromatic N) is 2. The molecule has 62 valence electrons. The number of hydrogen-bond acceptors (Lipinski definition) is 4. The summed E-state index contributed by atoms with van der Waals surface area (Å²) in [6, 6.07) is 0. The van der Waals surface area contributed by atoms with Gasteiger partial charge in [0, 0.05) is 6.08 Å². The highest BCUT2D eigenvalue weighted by Crippen LogP contribution is 2.27. The summed E-state index contributed by atoms with van der Waals surface area (Å²) in [6.45, 7) is 1.92. The molecular formula is C7H7N3OS. The van der Waals surface area contributed by atoms with Crippen molar-refractivity contribution in [3.05, 3.63) is 23.2 Å². The van der Waals surface area contributed by atoms with Gasteiger partial charge in [-0.2, -0.15) is 0 Å². The van der Waals surface area contributed by atoms with Crippen molar-refractivity contribution < 1.29 is 4.79 Å². The molecule has 4 nitrogen and oxygen atoms in total. The minimum atomic E-state index is -0.398. The lowest BCUT2D eigenvalue weighted by atomic mass is 10.0. The van der Waals surface area contributed by atoms with E-state index in [1.54, 1.807) is 6.20 Å². The van der Waals surface area contributed by atoms with Gasteiger partial charge in [0.2, 0.25) is 5.91 Å². The van der Waals surface area contributed by atoms with E-state index in [-0.39, 0.29) is 5.91 Å². The summed E-state index contributed by atoms with van der Waals surface area (Å²) >= 11 is 1.29. The number of hydrogen-bond donors (Lipinski definition) is 1. The van der Waals surface area contributed by atoms with Crippen LogP contribution in [-0.4, -0.2) is 15.5 Å². The molecule has 0 bridgehead atoms. The molecule has 2 heterocycles. The van der Waals surface area contributed by atoms with Crippen LogP contribution in [-0.2, 0) is 10.3 Å². The zero-order valence-electron chi connectivity index (χ0n) is 6.44. The molecule has 0 aliphatic carbocycles. The molecule has 12 heavy (non-hydrogen) atoms. The van der Waals surface area contributed by atoms with Crippen molar-refractivity contribution in [1.29, 1.82) is 0 Å². The summed E-state index contributed by atoms with van der Waals surface area (Å²) in [5.41, 5.74) is -0.398. The van der Waals surface area contributed by atoms with Crippen LogP contribution in [0, 0.1) is 0 Å². The molecule has 0 spiro atoms. The largest absolute Gasteiger partial charge is 0.339 e. The zero-order valence-corrected chi connectivity index (χ0v) is 7.26. The van der Waals surface area contributed by atoms with Crippen molar-refractivity contribution in [2.45, 2.75) is 12.5 Å². The van der Waals surface area contributed by atoms with E-state index < -0.39 is 5.54 Å². The first-order chi connectivity index (χ1) is 5.71. The number of amides is 1. The molecule has 1 aromatic heterocycles. The first-order valence-corrected chi connectivity index (χ1v) is 4.27. The fraction of sp³-hybridized carbons (Fsp3) is 0.286. The van der Waals surface area contributed by atoms with Crippen molar-refractivity contribution in [3.63, 3.8) is 0 Å². The molecule has 1 aliphatic heterocycles. The number of nitrogens with one attached hydrogen (secondary N) is 1. The van der Waals surface area contributed by atoms with Gasteiger partial charge in [0.05, 0.1) is 16.6 Å². The Bertz CT molecular complexity index is 332. The first kappa shape index (κ1) is 7.42. The minimum absolute atomic E-state index is 0.0640. The Kier molecular flexibility index (Phi) is 1.47. The van der Waals surface area contributed by atoms with E-state index in [9.17, 15) is 4.79 Å². The molecule has 0 fully saturated rings. The van der Waals surface area contributed by atoms with Crippen LogP contribution >= 0.6 is 11.5 Å². The van der Waals surface area contributed by atoms with E-state index in [1.807, 2.05) is 13.0 Å². The van der Waals surface area contributed by atoms with Crippen molar-refractivity contribution in [2.24, 2.45) is 0 Å². The van der Waals surface area contributed by atoms with E-state index in [0.717, 1.165) is 4.88 Å². The van der Waals surface area contributed by atoms with Gasteiger partial charge in [-0.15, -0.1) is 5.10 Å². The van der Waals surface area contributed by atoms with Crippen molar-refractivity contribution >= 4 is 17.4 Å². The fourth-order valence-electron chi connectivity index (χ4n) is 1.12. The van der Waals surface area contributed by atoms with Crippen molar-refractivity contribution in [2.75, 3.05) is 0 Å². The van der Waals surface area contributed by atoms with E-state index in [2.05, 4.69) is 14.9 Å². The average Bonchev–Trinajstić information content (AvgIpc) is 2.59. The van der Waals surface area contributed by atoms with Crippen LogP contribution in [0.1, 0.15) is 11.8 Å². The van der Waals surface area contributed by atoms with Crippen LogP contribution in [0.3, 0.4) is 0 Å². The molecule has 1 amide bonds. The molecule has 1 atom stereocenters. The van der Waals surface area contributed by atoms with Crippen LogP contribution in [0.25, 0.3) is 0 Å². The topological polar surface area (TPSA) is 54.9 Å². The van der Waals surface area contributed by atoms with Gasteiger partial charge in [0.15, 0.2) is 0 Å². The maximum absolute atomic E-state index is 10.9. The lowest BCUT2D eigenvalue weighted by molar-refractivity contribution is -0.116. The van der Waals surface area contributed by atoms with Crippen molar-refractivity contribution in [3.8, 4) is 0 Å². The summed E-state index contributed by atoms with van der Waals surface area (Å²) < 4.78 is 3.74. The van der Waals surface area contributed by atoms with E-state index >= 15 is 0 Å². The SMILES string of the molecule is CC1(c2cnns2)C=CC(=O)N1. The second-order valence-electron chi connectivity index (χ2n) is 2.81. The second-order valence-corrected chi connectivity index (χ2v) is 3.59. The van der Waals surface area contributed by atoms with E-state index in [4.69, 9.17) is 0 Å². The number of carbonyl (C=O) groups excluding carboxylic acids is 1. The predicted octanol–water partition coefficient (Wildman–Crippen LogP) is 0.439. The molecule has 0 saturated carbocycles. The monoisotopic (exact) mass is 181 g/mol. The highest BCUT2D eigenvalue weighted by atomic mass is 32.1. The smallest absolute Gasteiger partial charge is 0.244 e. The molecule has 0 aromatic carbocycles. The third kappa shape index (κ3) is 1.02. The van der Waals surface area contributed by atoms with Crippen LogP contribution < -0.4 is 5.32 Å². The molecule has 1 aliphatic rings. The quantitative estimate of drug-likeness (QED) is 0.684. The van der Waals surface area contributed by atoms with Crippen LogP contribution in [0.15, 0.2) is 18.3 Å². The first-order valence-electron chi connectivity index (χ1n) is 3.50. The van der Waals surface area contributed by atoms with Gasteiger partial charge in [0.25, 0.3) is 0 Å². The maximum atomic E-state index is 10.9. The van der Waals surface area contributed by atoms with Crippen molar-refractivity contribution in [1.82, 2.24) is 14.9 Å². The lowest BCUT2D eigenvalue weighted by Crippen LogP contribution is -2.35. The minimum Gasteiger partial charge on any atom is -0.339 e. The number of carbonyl (C=O) groups is 1. The summed E-state index contributed by atoms with van der Waals surface area (Å²) in [4.78, 5) is 11.9. The Balaban J connectivity index is 2.36. The molecule has 2 rings (SSSR count). The lowest BCUT2D eigenvalue weighted by Gasteiger charge is -2.19. The molecule has 0 radical (unpaired) electrons. The summed E-state index contributed by atoms with van der Waals surface area (Å²) in [5.74, 6) is -0.0640. The van der Waals surface area contributed by atoms with Gasteiger partial charge in [0.1, 0.15) is 0 Å². The number of rotatable bonds is 1. The Hall–Kier alpha value is -1.23. The standard InChI is InChI=1S/C7H7N3OS/c1-7(3-2-6(11)9-7)5-4-8-10-12-5/h2-4H,1H3,(H,9,11). The fourth-order valence-corrected chi connectivity index (χ4v) is 1.71. The van der Waals surface area contributed by atoms with Crippen LogP contribution in [0.2, 0.25) is 0 Å². The Labute approximate surface area is 73.5 Å². The Morgan fingerprint density at radius 3 is 3.00 bits per heavy atom. The average molecular weight is 181 g/mol. The Morgan fingerprint density at radius 2 is 2.50 bits per heavy atom. The van der Waals surface area contributed by atoms with Gasteiger partial charge in [-0.1, -0.05) is 4.49 Å². The highest BCUT2D eigenvalue weighted by molar-refractivity contribution is 7.05. The molecular weight excluding hydrogens is 174 g/mol. The summed E-state index contributed by atoms with van der Waals surface area (Å²) in [5, 5.41) is 6.53. The third-order valence-corrected chi connectivity index (χ3v) is 2.73. The van der Waals surface area contributed by atoms with Gasteiger partial charge in [-0.25, -0.2) is 0 Å².